The monoisotopic (exact) mass is 236 g/mol. The molecular weight excluding hydrogens is 216 g/mol. The number of carbonyl (C=O) groups excluding carboxylic acids is 2. The van der Waals surface area contributed by atoms with Gasteiger partial charge in [0.1, 0.15) is 6.04 Å². The maximum absolute atomic E-state index is 11.8. The van der Waals surface area contributed by atoms with Gasteiger partial charge in [0.05, 0.1) is 0 Å². The number of hydrogen-bond acceptors (Lipinski definition) is 2. The van der Waals surface area contributed by atoms with Gasteiger partial charge in [-0.3, -0.25) is 9.59 Å². The highest BCUT2D eigenvalue weighted by Gasteiger charge is 2.22. The molecule has 1 aliphatic heterocycles. The molecule has 1 unspecified atom stereocenters. The maximum atomic E-state index is 11.8. The molecule has 17 heavy (non-hydrogen) atoms. The van der Waals surface area contributed by atoms with E-state index in [1.807, 2.05) is 0 Å². The summed E-state index contributed by atoms with van der Waals surface area (Å²) in [5, 5.41) is 5.67. The summed E-state index contributed by atoms with van der Waals surface area (Å²) in [5.41, 5.74) is 1.22. The Morgan fingerprint density at radius 2 is 2.29 bits per heavy atom. The van der Waals surface area contributed by atoms with Crippen molar-refractivity contribution in [1.82, 2.24) is 10.6 Å². The number of nitrogens with one attached hydrogen (secondary N) is 2. The van der Waals surface area contributed by atoms with Crippen LogP contribution in [0, 0.1) is 0 Å². The first kappa shape index (κ1) is 12.1. The number of carbonyl (C=O) groups is 2. The molecule has 1 atom stereocenters. The Balaban J connectivity index is 1.82. The quantitative estimate of drug-likeness (QED) is 0.725. The molecule has 0 aromatic carbocycles. The first-order chi connectivity index (χ1) is 8.25. The molecule has 0 radical (unpaired) electrons. The summed E-state index contributed by atoms with van der Waals surface area (Å²) in [6.07, 6.45) is 8.64. The van der Waals surface area contributed by atoms with Gasteiger partial charge in [-0.05, 0) is 38.5 Å². The van der Waals surface area contributed by atoms with Crippen molar-refractivity contribution in [3.63, 3.8) is 0 Å². The summed E-state index contributed by atoms with van der Waals surface area (Å²) in [4.78, 5) is 23.4. The van der Waals surface area contributed by atoms with E-state index >= 15 is 0 Å². The fourth-order valence-corrected chi connectivity index (χ4v) is 2.43. The van der Waals surface area contributed by atoms with E-state index < -0.39 is 0 Å². The third kappa shape index (κ3) is 3.58. The van der Waals surface area contributed by atoms with Crippen LogP contribution in [-0.4, -0.2) is 24.4 Å². The van der Waals surface area contributed by atoms with Gasteiger partial charge in [0.15, 0.2) is 0 Å². The standard InChI is InChI=1S/C13H20N2O2/c16-12(9-10-5-1-2-6-10)15-11-7-3-4-8-14-13(11)17/h5,11H,1-4,6-9H2,(H,14,17)(H,15,16). The van der Waals surface area contributed by atoms with E-state index in [2.05, 4.69) is 16.7 Å². The van der Waals surface area contributed by atoms with Gasteiger partial charge in [0, 0.05) is 13.0 Å². The molecule has 0 aromatic rings. The third-order valence-corrected chi connectivity index (χ3v) is 3.39. The number of rotatable bonds is 3. The summed E-state index contributed by atoms with van der Waals surface area (Å²) in [7, 11) is 0. The second-order valence-corrected chi connectivity index (χ2v) is 4.84. The van der Waals surface area contributed by atoms with Crippen molar-refractivity contribution in [2.24, 2.45) is 0 Å². The second kappa shape index (κ2) is 5.84. The van der Waals surface area contributed by atoms with Gasteiger partial charge in [-0.25, -0.2) is 0 Å². The molecule has 0 bridgehead atoms. The van der Waals surface area contributed by atoms with E-state index in [1.54, 1.807) is 0 Å². The molecule has 1 aliphatic carbocycles. The average molecular weight is 236 g/mol. The lowest BCUT2D eigenvalue weighted by molar-refractivity contribution is -0.128. The number of hydrogen-bond donors (Lipinski definition) is 2. The molecule has 94 valence electrons. The zero-order valence-corrected chi connectivity index (χ0v) is 10.1. The summed E-state index contributed by atoms with van der Waals surface area (Å²) in [6.45, 7) is 0.732. The maximum Gasteiger partial charge on any atom is 0.242 e. The Morgan fingerprint density at radius 3 is 3.06 bits per heavy atom. The normalized spacial score (nSPS) is 24.8. The Morgan fingerprint density at radius 1 is 1.41 bits per heavy atom. The SMILES string of the molecule is O=C(CC1=CCCC1)NC1CCCCNC1=O. The van der Waals surface area contributed by atoms with Gasteiger partial charge in [0.25, 0.3) is 0 Å². The Bertz CT molecular complexity index is 336. The molecule has 1 heterocycles. The zero-order chi connectivity index (χ0) is 12.1. The molecule has 1 fully saturated rings. The molecule has 4 heteroatoms. The zero-order valence-electron chi connectivity index (χ0n) is 10.1. The highest BCUT2D eigenvalue weighted by Crippen LogP contribution is 2.20. The van der Waals surface area contributed by atoms with Gasteiger partial charge < -0.3 is 10.6 Å². The van der Waals surface area contributed by atoms with Crippen LogP contribution in [0.4, 0.5) is 0 Å². The fourth-order valence-electron chi connectivity index (χ4n) is 2.43. The predicted molar refractivity (Wildman–Crippen MR) is 65.3 cm³/mol. The molecular formula is C13H20N2O2. The predicted octanol–water partition coefficient (Wildman–Crippen LogP) is 1.27. The summed E-state index contributed by atoms with van der Waals surface area (Å²) >= 11 is 0. The summed E-state index contributed by atoms with van der Waals surface area (Å²) in [5.74, 6) is -0.0450. The first-order valence-corrected chi connectivity index (χ1v) is 6.50. The van der Waals surface area contributed by atoms with Crippen LogP contribution in [-0.2, 0) is 9.59 Å². The molecule has 2 aliphatic rings. The van der Waals surface area contributed by atoms with Crippen LogP contribution in [0.2, 0.25) is 0 Å². The van der Waals surface area contributed by atoms with E-state index in [0.29, 0.717) is 6.42 Å². The topological polar surface area (TPSA) is 58.2 Å². The largest absolute Gasteiger partial charge is 0.354 e. The third-order valence-electron chi connectivity index (χ3n) is 3.39. The van der Waals surface area contributed by atoms with E-state index in [0.717, 1.165) is 45.1 Å². The van der Waals surface area contributed by atoms with Gasteiger partial charge in [-0.2, -0.15) is 0 Å². The molecule has 0 saturated carbocycles. The van der Waals surface area contributed by atoms with Gasteiger partial charge in [-0.1, -0.05) is 11.6 Å². The number of allylic oxidation sites excluding steroid dienone is 1. The van der Waals surface area contributed by atoms with Crippen molar-refractivity contribution in [3.8, 4) is 0 Å². The lowest BCUT2D eigenvalue weighted by atomic mass is 10.1. The average Bonchev–Trinajstić information content (AvgIpc) is 2.71. The minimum atomic E-state index is -0.327. The molecule has 2 N–H and O–H groups in total. The van der Waals surface area contributed by atoms with Crippen LogP contribution >= 0.6 is 0 Å². The summed E-state index contributed by atoms with van der Waals surface area (Å²) in [6, 6.07) is -0.327. The van der Waals surface area contributed by atoms with Crippen LogP contribution in [0.5, 0.6) is 0 Å². The Kier molecular flexibility index (Phi) is 4.18. The van der Waals surface area contributed by atoms with Crippen molar-refractivity contribution in [3.05, 3.63) is 11.6 Å². The van der Waals surface area contributed by atoms with E-state index in [1.165, 1.54) is 5.57 Å². The highest BCUT2D eigenvalue weighted by atomic mass is 16.2. The fraction of sp³-hybridized carbons (Fsp3) is 0.692. The minimum Gasteiger partial charge on any atom is -0.354 e. The van der Waals surface area contributed by atoms with E-state index in [-0.39, 0.29) is 17.9 Å². The molecule has 0 spiro atoms. The van der Waals surface area contributed by atoms with Gasteiger partial charge in [-0.15, -0.1) is 0 Å². The molecule has 2 amide bonds. The van der Waals surface area contributed by atoms with E-state index in [4.69, 9.17) is 0 Å². The lowest BCUT2D eigenvalue weighted by Gasteiger charge is -2.15. The lowest BCUT2D eigenvalue weighted by Crippen LogP contribution is -2.45. The molecule has 4 nitrogen and oxygen atoms in total. The number of amides is 2. The van der Waals surface area contributed by atoms with Gasteiger partial charge in [0.2, 0.25) is 11.8 Å². The molecule has 1 saturated heterocycles. The summed E-state index contributed by atoms with van der Waals surface area (Å²) < 4.78 is 0. The molecule has 0 aromatic heterocycles. The van der Waals surface area contributed by atoms with Crippen LogP contribution in [0.15, 0.2) is 11.6 Å². The van der Waals surface area contributed by atoms with Gasteiger partial charge >= 0.3 is 0 Å². The second-order valence-electron chi connectivity index (χ2n) is 4.84. The minimum absolute atomic E-state index is 0.0137. The van der Waals surface area contributed by atoms with Crippen molar-refractivity contribution < 1.29 is 9.59 Å². The van der Waals surface area contributed by atoms with Crippen LogP contribution in [0.1, 0.15) is 44.9 Å². The Hall–Kier alpha value is -1.32. The van der Waals surface area contributed by atoms with Crippen molar-refractivity contribution in [2.45, 2.75) is 51.0 Å². The van der Waals surface area contributed by atoms with E-state index in [9.17, 15) is 9.59 Å². The van der Waals surface area contributed by atoms with Crippen LogP contribution in [0.3, 0.4) is 0 Å². The first-order valence-electron chi connectivity index (χ1n) is 6.50. The Labute approximate surface area is 102 Å². The van der Waals surface area contributed by atoms with Crippen LogP contribution < -0.4 is 10.6 Å². The van der Waals surface area contributed by atoms with Crippen molar-refractivity contribution in [1.29, 1.82) is 0 Å². The van der Waals surface area contributed by atoms with Crippen molar-refractivity contribution in [2.75, 3.05) is 6.54 Å². The molecule has 2 rings (SSSR count). The van der Waals surface area contributed by atoms with Crippen LogP contribution in [0.25, 0.3) is 0 Å². The smallest absolute Gasteiger partial charge is 0.242 e. The highest BCUT2D eigenvalue weighted by molar-refractivity contribution is 5.88. The van der Waals surface area contributed by atoms with Crippen molar-refractivity contribution >= 4 is 11.8 Å².